The van der Waals surface area contributed by atoms with Crippen molar-refractivity contribution < 1.29 is 4.42 Å². The average Bonchev–Trinajstić information content (AvgIpc) is 2.99. The first-order chi connectivity index (χ1) is 11.9. The van der Waals surface area contributed by atoms with Crippen LogP contribution in [-0.4, -0.2) is 7.98 Å². The number of anilines is 2. The van der Waals surface area contributed by atoms with Crippen LogP contribution in [0.4, 0.5) is 11.4 Å². The number of hydrogen-bond acceptors (Lipinski definition) is 2. The molecule has 0 saturated carbocycles. The summed E-state index contributed by atoms with van der Waals surface area (Å²) >= 11 is 0. The van der Waals surface area contributed by atoms with E-state index in [1.807, 2.05) is 30.3 Å². The van der Waals surface area contributed by atoms with Gasteiger partial charge in [-0.05, 0) is 35.2 Å². The van der Waals surface area contributed by atoms with Gasteiger partial charge < -0.3 is 9.23 Å². The fourth-order valence-corrected chi connectivity index (χ4v) is 3.18. The lowest BCUT2D eigenvalue weighted by molar-refractivity contribution is 0.590. The Labute approximate surface area is 149 Å². The van der Waals surface area contributed by atoms with Gasteiger partial charge in [-0.1, -0.05) is 63.2 Å². The SMILES string of the molecule is [B]N(c1ccc(C(C)(C)C)cc1)c1cccc2c1oc1ccccc12. The molecule has 0 aliphatic heterocycles. The molecule has 3 heteroatoms. The predicted octanol–water partition coefficient (Wildman–Crippen LogP) is 6.11. The smallest absolute Gasteiger partial charge is 0.234 e. The fourth-order valence-electron chi connectivity index (χ4n) is 3.18. The summed E-state index contributed by atoms with van der Waals surface area (Å²) in [6.45, 7) is 6.62. The molecule has 2 nitrogen and oxygen atoms in total. The van der Waals surface area contributed by atoms with Crippen molar-refractivity contribution in [3.63, 3.8) is 0 Å². The number of para-hydroxylation sites is 2. The van der Waals surface area contributed by atoms with Crippen molar-refractivity contribution in [2.24, 2.45) is 0 Å². The number of fused-ring (bicyclic) bond motifs is 3. The highest BCUT2D eigenvalue weighted by Gasteiger charge is 2.16. The Morgan fingerprint density at radius 1 is 0.800 bits per heavy atom. The summed E-state index contributed by atoms with van der Waals surface area (Å²) in [5.41, 5.74) is 4.88. The average molecular weight is 325 g/mol. The fraction of sp³-hybridized carbons (Fsp3) is 0.182. The monoisotopic (exact) mass is 325 g/mol. The zero-order valence-electron chi connectivity index (χ0n) is 14.8. The molecule has 1 heterocycles. The van der Waals surface area contributed by atoms with Crippen LogP contribution in [0.2, 0.25) is 0 Å². The Kier molecular flexibility index (Phi) is 3.61. The predicted molar refractivity (Wildman–Crippen MR) is 107 cm³/mol. The Morgan fingerprint density at radius 3 is 2.20 bits per heavy atom. The van der Waals surface area contributed by atoms with Gasteiger partial charge in [0.1, 0.15) is 5.58 Å². The summed E-state index contributed by atoms with van der Waals surface area (Å²) in [7, 11) is 6.44. The maximum atomic E-state index is 6.44. The molecule has 2 radical (unpaired) electrons. The molecule has 0 amide bonds. The van der Waals surface area contributed by atoms with Crippen LogP contribution in [0.3, 0.4) is 0 Å². The van der Waals surface area contributed by atoms with Crippen LogP contribution in [0, 0.1) is 0 Å². The first-order valence-corrected chi connectivity index (χ1v) is 8.51. The number of hydrogen-bond donors (Lipinski definition) is 0. The maximum absolute atomic E-state index is 6.44. The molecule has 25 heavy (non-hydrogen) atoms. The summed E-state index contributed by atoms with van der Waals surface area (Å²) in [4.78, 5) is 1.69. The highest BCUT2D eigenvalue weighted by atomic mass is 16.3. The number of benzene rings is 3. The van der Waals surface area contributed by atoms with Crippen LogP contribution >= 0.6 is 0 Å². The highest BCUT2D eigenvalue weighted by Crippen LogP contribution is 2.37. The van der Waals surface area contributed by atoms with Crippen LogP contribution < -0.4 is 4.81 Å². The van der Waals surface area contributed by atoms with E-state index in [1.165, 1.54) is 5.56 Å². The molecular formula is C22H20BNO. The van der Waals surface area contributed by atoms with E-state index in [1.54, 1.807) is 4.81 Å². The van der Waals surface area contributed by atoms with Crippen LogP contribution in [0.5, 0.6) is 0 Å². The molecule has 1 aromatic heterocycles. The van der Waals surface area contributed by atoms with Gasteiger partial charge in [0, 0.05) is 16.5 Å². The van der Waals surface area contributed by atoms with Crippen LogP contribution in [0.1, 0.15) is 26.3 Å². The molecule has 4 aromatic rings. The minimum atomic E-state index is 0.122. The van der Waals surface area contributed by atoms with E-state index >= 15 is 0 Å². The third-order valence-corrected chi connectivity index (χ3v) is 4.65. The van der Waals surface area contributed by atoms with E-state index in [0.717, 1.165) is 33.3 Å². The zero-order valence-corrected chi connectivity index (χ0v) is 14.8. The molecule has 0 atom stereocenters. The molecule has 0 saturated heterocycles. The molecule has 0 unspecified atom stereocenters. The molecule has 3 aromatic carbocycles. The van der Waals surface area contributed by atoms with E-state index in [0.29, 0.717) is 0 Å². The van der Waals surface area contributed by atoms with Gasteiger partial charge in [-0.2, -0.15) is 0 Å². The Balaban J connectivity index is 1.81. The van der Waals surface area contributed by atoms with Gasteiger partial charge in [-0.15, -0.1) is 0 Å². The summed E-state index contributed by atoms with van der Waals surface area (Å²) in [5.74, 6) is 0. The number of nitrogens with zero attached hydrogens (tertiary/aromatic N) is 1. The molecule has 0 aliphatic carbocycles. The second-order valence-electron chi connectivity index (χ2n) is 7.42. The van der Waals surface area contributed by atoms with Crippen molar-refractivity contribution in [2.45, 2.75) is 26.2 Å². The Morgan fingerprint density at radius 2 is 1.48 bits per heavy atom. The highest BCUT2D eigenvalue weighted by molar-refractivity contribution is 6.25. The van der Waals surface area contributed by atoms with Crippen LogP contribution in [0.25, 0.3) is 21.9 Å². The quantitative estimate of drug-likeness (QED) is 0.414. The van der Waals surface area contributed by atoms with E-state index in [9.17, 15) is 0 Å². The molecular weight excluding hydrogens is 305 g/mol. The molecule has 0 aliphatic rings. The number of furan rings is 1. The second-order valence-corrected chi connectivity index (χ2v) is 7.42. The minimum absolute atomic E-state index is 0.122. The largest absolute Gasteiger partial charge is 0.454 e. The minimum Gasteiger partial charge on any atom is -0.454 e. The van der Waals surface area contributed by atoms with Gasteiger partial charge in [0.15, 0.2) is 5.58 Å². The van der Waals surface area contributed by atoms with E-state index in [-0.39, 0.29) is 5.41 Å². The molecule has 0 N–H and O–H groups in total. The lowest BCUT2D eigenvalue weighted by atomic mass is 9.87. The van der Waals surface area contributed by atoms with Gasteiger partial charge in [-0.25, -0.2) is 0 Å². The Bertz CT molecular complexity index is 1040. The third-order valence-electron chi connectivity index (χ3n) is 4.65. The van der Waals surface area contributed by atoms with Crippen molar-refractivity contribution in [1.29, 1.82) is 0 Å². The van der Waals surface area contributed by atoms with E-state index in [2.05, 4.69) is 57.2 Å². The van der Waals surface area contributed by atoms with Gasteiger partial charge in [0.05, 0.1) is 5.69 Å². The van der Waals surface area contributed by atoms with Gasteiger partial charge in [0.25, 0.3) is 0 Å². The van der Waals surface area contributed by atoms with Crippen molar-refractivity contribution in [3.05, 3.63) is 72.3 Å². The lowest BCUT2D eigenvalue weighted by Gasteiger charge is -2.23. The van der Waals surface area contributed by atoms with Crippen LogP contribution in [0.15, 0.2) is 71.1 Å². The normalized spacial score (nSPS) is 12.0. The topological polar surface area (TPSA) is 16.4 Å². The molecule has 0 spiro atoms. The standard InChI is InChI=1S/C22H20BNO/c1-22(2,3)15-11-13-16(14-12-15)24(23)19-9-6-8-18-17-7-4-5-10-20(17)25-21(18)19/h4-14H,1-3H3. The summed E-state index contributed by atoms with van der Waals surface area (Å²) in [6, 6.07) is 22.5. The van der Waals surface area contributed by atoms with Crippen LogP contribution in [-0.2, 0) is 5.41 Å². The second kappa shape index (κ2) is 5.70. The van der Waals surface area contributed by atoms with Gasteiger partial charge in [-0.3, -0.25) is 0 Å². The molecule has 122 valence electrons. The summed E-state index contributed by atoms with van der Waals surface area (Å²) < 4.78 is 6.08. The van der Waals surface area contributed by atoms with Crippen molar-refractivity contribution in [2.75, 3.05) is 4.81 Å². The molecule has 0 fully saturated rings. The Hall–Kier alpha value is -2.68. The third kappa shape index (κ3) is 2.70. The van der Waals surface area contributed by atoms with Crippen molar-refractivity contribution >= 4 is 41.3 Å². The number of rotatable bonds is 2. The maximum Gasteiger partial charge on any atom is 0.234 e. The van der Waals surface area contributed by atoms with E-state index < -0.39 is 0 Å². The molecule has 0 bridgehead atoms. The lowest BCUT2D eigenvalue weighted by Crippen LogP contribution is -2.14. The summed E-state index contributed by atoms with van der Waals surface area (Å²) in [5, 5.41) is 2.19. The molecule has 4 rings (SSSR count). The van der Waals surface area contributed by atoms with E-state index in [4.69, 9.17) is 12.4 Å². The summed E-state index contributed by atoms with van der Waals surface area (Å²) in [6.07, 6.45) is 0. The first kappa shape index (κ1) is 15.8. The van der Waals surface area contributed by atoms with Crippen molar-refractivity contribution in [1.82, 2.24) is 0 Å². The van der Waals surface area contributed by atoms with Gasteiger partial charge >= 0.3 is 0 Å². The first-order valence-electron chi connectivity index (χ1n) is 8.51. The van der Waals surface area contributed by atoms with Gasteiger partial charge in [0.2, 0.25) is 7.98 Å². The van der Waals surface area contributed by atoms with Crippen molar-refractivity contribution in [3.8, 4) is 0 Å². The zero-order chi connectivity index (χ0) is 17.6.